The van der Waals surface area contributed by atoms with E-state index in [1.807, 2.05) is 116 Å². The number of aliphatic hydroxyl groups is 1. The Labute approximate surface area is 312 Å². The molecule has 0 aliphatic carbocycles. The number of para-hydroxylation sites is 1. The number of hydrogen-bond donors (Lipinski definition) is 1. The molecular weight excluding hydrogens is 741 g/mol. The molecule has 9 nitrogen and oxygen atoms in total. The lowest BCUT2D eigenvalue weighted by molar-refractivity contribution is -0.146. The zero-order valence-electron chi connectivity index (χ0n) is 29.3. The molecule has 4 aromatic carbocycles. The van der Waals surface area contributed by atoms with Gasteiger partial charge in [-0.05, 0) is 73.1 Å². The van der Waals surface area contributed by atoms with E-state index in [0.717, 1.165) is 38.9 Å². The highest BCUT2D eigenvalue weighted by molar-refractivity contribution is 9.10. The number of anilines is 3. The fourth-order valence-electron chi connectivity index (χ4n) is 8.19. The van der Waals surface area contributed by atoms with E-state index in [2.05, 4.69) is 26.2 Å². The number of carbonyl (C=O) groups excluding carboxylic acids is 2. The zero-order chi connectivity index (χ0) is 36.6. The molecule has 5 aromatic rings. The maximum atomic E-state index is 16.4. The zero-order valence-corrected chi connectivity index (χ0v) is 31.9. The van der Waals surface area contributed by atoms with Gasteiger partial charge in [0.1, 0.15) is 0 Å². The molecule has 5 atom stereocenters. The van der Waals surface area contributed by atoms with Crippen molar-refractivity contribution in [3.05, 3.63) is 136 Å². The van der Waals surface area contributed by atoms with Crippen molar-refractivity contribution in [2.24, 2.45) is 5.92 Å². The van der Waals surface area contributed by atoms with Crippen LogP contribution in [0.4, 0.5) is 21.2 Å². The summed E-state index contributed by atoms with van der Waals surface area (Å²) >= 11 is 3.62. The van der Waals surface area contributed by atoms with Gasteiger partial charge in [-0.25, -0.2) is 0 Å². The smallest absolute Gasteiger partial charge is 0.264 e. The lowest BCUT2D eigenvalue weighted by Gasteiger charge is -2.31. The Morgan fingerprint density at radius 3 is 2.42 bits per heavy atom. The minimum atomic E-state index is -3.39. The highest BCUT2D eigenvalue weighted by Gasteiger charge is 2.66. The van der Waals surface area contributed by atoms with Gasteiger partial charge in [-0.1, -0.05) is 88.7 Å². The first-order chi connectivity index (χ1) is 25.0. The normalized spacial score (nSPS) is 21.8. The topological polar surface area (TPSA) is 101 Å². The number of rotatable bonds is 12. The van der Waals surface area contributed by atoms with Crippen molar-refractivity contribution in [3.8, 4) is 0 Å². The van der Waals surface area contributed by atoms with Crippen LogP contribution in [0.15, 0.2) is 114 Å². The number of carbonyl (C=O) groups is 2. The molecule has 2 aliphatic heterocycles. The van der Waals surface area contributed by atoms with E-state index in [4.69, 9.17) is 4.74 Å². The molecule has 1 fully saturated rings. The quantitative estimate of drug-likeness (QED) is 0.0786. The number of aliphatic hydroxyl groups excluding tert-OH is 1. The summed E-state index contributed by atoms with van der Waals surface area (Å²) in [6.45, 7) is 5.86. The van der Waals surface area contributed by atoms with Gasteiger partial charge in [-0.2, -0.15) is 0 Å². The van der Waals surface area contributed by atoms with Crippen LogP contribution in [0.3, 0.4) is 0 Å². The molecular formula is C40H41BrFN5O4Si. The van der Waals surface area contributed by atoms with Gasteiger partial charge in [-0.3, -0.25) is 19.2 Å². The number of aryl methyl sites for hydroxylation is 1. The molecule has 0 radical (unpaired) electrons. The highest BCUT2D eigenvalue weighted by atomic mass is 79.9. The second kappa shape index (κ2) is 14.5. The number of amides is 2. The molecule has 0 bridgehead atoms. The summed E-state index contributed by atoms with van der Waals surface area (Å²) in [5, 5.41) is 18.9. The predicted molar refractivity (Wildman–Crippen MR) is 204 cm³/mol. The average molecular weight is 783 g/mol. The Morgan fingerprint density at radius 1 is 1.02 bits per heavy atom. The Balaban J connectivity index is 1.18. The highest BCUT2D eigenvalue weighted by Crippen LogP contribution is 2.60. The van der Waals surface area contributed by atoms with Gasteiger partial charge in [0.25, 0.3) is 5.91 Å². The summed E-state index contributed by atoms with van der Waals surface area (Å²) in [5.74, 6) is -0.993. The van der Waals surface area contributed by atoms with Gasteiger partial charge in [-0.15, -0.1) is 5.10 Å². The molecule has 1 aromatic heterocycles. The van der Waals surface area contributed by atoms with Crippen LogP contribution in [-0.4, -0.2) is 53.5 Å². The van der Waals surface area contributed by atoms with Crippen LogP contribution in [0.2, 0.25) is 18.6 Å². The summed E-state index contributed by atoms with van der Waals surface area (Å²) in [7, 11) is -3.39. The van der Waals surface area contributed by atoms with E-state index >= 15 is 4.11 Å². The van der Waals surface area contributed by atoms with Crippen molar-refractivity contribution in [2.45, 2.75) is 62.7 Å². The molecule has 2 aliphatic rings. The number of hydrogen-bond acceptors (Lipinski definition) is 6. The summed E-state index contributed by atoms with van der Waals surface area (Å²) in [5.41, 5.74) is 3.40. The number of benzene rings is 4. The van der Waals surface area contributed by atoms with Crippen LogP contribution in [-0.2, 0) is 33.0 Å². The van der Waals surface area contributed by atoms with Crippen LogP contribution in [0.25, 0.3) is 0 Å². The lowest BCUT2D eigenvalue weighted by atomic mass is 9.82. The fourth-order valence-corrected chi connectivity index (χ4v) is 11.1. The molecule has 52 heavy (non-hydrogen) atoms. The van der Waals surface area contributed by atoms with E-state index in [1.165, 1.54) is 0 Å². The maximum Gasteiger partial charge on any atom is 0.264 e. The van der Waals surface area contributed by atoms with Crippen LogP contribution >= 0.6 is 15.9 Å². The number of aromatic nitrogens is 3. The van der Waals surface area contributed by atoms with E-state index in [-0.39, 0.29) is 25.0 Å². The third kappa shape index (κ3) is 6.53. The first-order valence-corrected chi connectivity index (χ1v) is 21.2. The van der Waals surface area contributed by atoms with E-state index in [9.17, 15) is 14.7 Å². The lowest BCUT2D eigenvalue weighted by Crippen LogP contribution is -2.45. The van der Waals surface area contributed by atoms with Crippen molar-refractivity contribution in [1.29, 1.82) is 0 Å². The number of ether oxygens (including phenoxy) is 1. The van der Waals surface area contributed by atoms with Gasteiger partial charge in [0, 0.05) is 45.6 Å². The Hall–Kier alpha value is -4.49. The van der Waals surface area contributed by atoms with Crippen molar-refractivity contribution < 1.29 is 23.5 Å². The molecule has 12 heteroatoms. The summed E-state index contributed by atoms with van der Waals surface area (Å²) in [4.78, 5) is 30.4. The first kappa shape index (κ1) is 35.9. The van der Waals surface area contributed by atoms with Crippen LogP contribution < -0.4 is 9.80 Å². The van der Waals surface area contributed by atoms with E-state index in [0.29, 0.717) is 24.3 Å². The van der Waals surface area contributed by atoms with Gasteiger partial charge >= 0.3 is 0 Å². The monoisotopic (exact) mass is 781 g/mol. The number of halogens is 2. The summed E-state index contributed by atoms with van der Waals surface area (Å²) < 4.78 is 25.9. The SMILES string of the molecule is C[C@@H]1[C@@H]([Si](C)(C)F)[C@H](CCn2cc(C(CO)c3ccccc3)nn2)O[C@@]12C(=O)N(Cc1cccc(N(C=O)c3ccccc3)c1)c1ccc(Br)cc12. The first-order valence-electron chi connectivity index (χ1n) is 17.5. The second-order valence-corrected chi connectivity index (χ2v) is 18.9. The molecule has 3 heterocycles. The van der Waals surface area contributed by atoms with Crippen LogP contribution in [0.5, 0.6) is 0 Å². The molecule has 0 saturated carbocycles. The van der Waals surface area contributed by atoms with Gasteiger partial charge < -0.3 is 18.9 Å². The number of fused-ring (bicyclic) bond motifs is 2. The Bertz CT molecular complexity index is 2060. The molecule has 1 N–H and O–H groups in total. The average Bonchev–Trinajstić information content (AvgIpc) is 3.79. The molecule has 268 valence electrons. The second-order valence-electron chi connectivity index (χ2n) is 14.1. The standard InChI is InChI=1S/C40H41BrFN5O4Si/c1-27-38(52(2,3)42)37(19-20-45-24-35(43-44-45)33(25-48)29-12-6-4-7-13-29)51-40(27)34-22-30(41)17-18-36(34)46(39(40)50)23-28-11-10-16-32(21-28)47(26-49)31-14-8-5-9-15-31/h4-18,21-22,24,26-27,33,37-38,48H,19-20,23,25H2,1-3H3/t27-,33?,37+,38-,40+/m1/s1. The summed E-state index contributed by atoms with van der Waals surface area (Å²) in [6, 6.07) is 32.4. The van der Waals surface area contributed by atoms with Gasteiger partial charge in [0.05, 0.1) is 36.6 Å². The largest absolute Gasteiger partial charge is 0.395 e. The molecule has 1 unspecified atom stereocenters. The minimum absolute atomic E-state index is 0.113. The molecule has 1 saturated heterocycles. The summed E-state index contributed by atoms with van der Waals surface area (Å²) in [6.07, 6.45) is 2.47. The molecule has 2 amide bonds. The van der Waals surface area contributed by atoms with E-state index in [1.54, 1.807) is 27.6 Å². The third-order valence-electron chi connectivity index (χ3n) is 10.5. The van der Waals surface area contributed by atoms with E-state index < -0.39 is 31.6 Å². The van der Waals surface area contributed by atoms with Crippen molar-refractivity contribution in [2.75, 3.05) is 16.4 Å². The van der Waals surface area contributed by atoms with Crippen molar-refractivity contribution in [1.82, 2.24) is 15.0 Å². The fraction of sp³-hybridized carbons (Fsp3) is 0.300. The predicted octanol–water partition coefficient (Wildman–Crippen LogP) is 7.87. The molecule has 1 spiro atoms. The number of nitrogens with zero attached hydrogens (tertiary/aromatic N) is 5. The van der Waals surface area contributed by atoms with Gasteiger partial charge in [0.2, 0.25) is 14.8 Å². The van der Waals surface area contributed by atoms with Crippen molar-refractivity contribution >= 4 is 53.7 Å². The van der Waals surface area contributed by atoms with Crippen LogP contribution in [0, 0.1) is 5.92 Å². The molecule has 7 rings (SSSR count). The minimum Gasteiger partial charge on any atom is -0.395 e. The van der Waals surface area contributed by atoms with Crippen LogP contribution in [0.1, 0.15) is 41.6 Å². The van der Waals surface area contributed by atoms with Crippen molar-refractivity contribution in [3.63, 3.8) is 0 Å². The Morgan fingerprint density at radius 2 is 1.73 bits per heavy atom. The third-order valence-corrected chi connectivity index (χ3v) is 13.5. The maximum absolute atomic E-state index is 16.4. The Kier molecular flexibility index (Phi) is 10.0. The van der Waals surface area contributed by atoms with Gasteiger partial charge in [0.15, 0.2) is 5.60 Å².